The van der Waals surface area contributed by atoms with Gasteiger partial charge in [-0.15, -0.1) is 0 Å². The van der Waals surface area contributed by atoms with Gasteiger partial charge in [0.2, 0.25) is 0 Å². The van der Waals surface area contributed by atoms with Crippen LogP contribution in [0.4, 0.5) is 4.39 Å². The van der Waals surface area contributed by atoms with Crippen LogP contribution in [0.5, 0.6) is 0 Å². The van der Waals surface area contributed by atoms with E-state index in [1.807, 2.05) is 0 Å². The molecule has 1 aromatic rings. The van der Waals surface area contributed by atoms with Gasteiger partial charge in [0, 0.05) is 0 Å². The summed E-state index contributed by atoms with van der Waals surface area (Å²) in [5.41, 5.74) is 0. The van der Waals surface area contributed by atoms with E-state index in [9.17, 15) is 8.60 Å². The van der Waals surface area contributed by atoms with Crippen molar-refractivity contribution < 1.29 is 13.2 Å². The summed E-state index contributed by atoms with van der Waals surface area (Å²) in [6.07, 6.45) is 0. The van der Waals surface area contributed by atoms with Crippen LogP contribution in [-0.4, -0.2) is 38.3 Å². The van der Waals surface area contributed by atoms with Crippen LogP contribution in [0.3, 0.4) is 0 Å². The first-order valence-corrected chi connectivity index (χ1v) is 3.67. The summed E-state index contributed by atoms with van der Waals surface area (Å²) in [6.45, 7) is 0. The number of halogens is 1. The van der Waals surface area contributed by atoms with E-state index in [1.54, 1.807) is 0 Å². The first-order valence-electron chi connectivity index (χ1n) is 2.56. The van der Waals surface area contributed by atoms with Gasteiger partial charge in [-0.05, 0) is 24.3 Å². The van der Waals surface area contributed by atoms with E-state index >= 15 is 0 Å². The van der Waals surface area contributed by atoms with Gasteiger partial charge >= 0.3 is 29.6 Å². The van der Waals surface area contributed by atoms with Crippen molar-refractivity contribution in [2.45, 2.75) is 4.90 Å². The van der Waals surface area contributed by atoms with E-state index in [0.29, 0.717) is 0 Å². The van der Waals surface area contributed by atoms with Crippen LogP contribution in [0.15, 0.2) is 29.2 Å². The first kappa shape index (κ1) is 11.3. The Kier molecular flexibility index (Phi) is 5.12. The molecular formula is C6H6FNaO2S. The molecule has 0 radical (unpaired) electrons. The molecule has 0 aliphatic heterocycles. The van der Waals surface area contributed by atoms with Crippen LogP contribution in [-0.2, 0) is 11.1 Å². The summed E-state index contributed by atoms with van der Waals surface area (Å²) < 4.78 is 30.9. The van der Waals surface area contributed by atoms with E-state index in [4.69, 9.17) is 4.55 Å². The minimum absolute atomic E-state index is 0. The van der Waals surface area contributed by atoms with E-state index in [1.165, 1.54) is 12.1 Å². The Morgan fingerprint density at radius 2 is 1.73 bits per heavy atom. The van der Waals surface area contributed by atoms with Gasteiger partial charge in [-0.3, -0.25) is 0 Å². The molecule has 0 aromatic heterocycles. The van der Waals surface area contributed by atoms with Crippen molar-refractivity contribution in [3.05, 3.63) is 30.1 Å². The second kappa shape index (κ2) is 5.00. The third kappa shape index (κ3) is 3.44. The normalized spacial score (nSPS) is 11.8. The summed E-state index contributed by atoms with van der Waals surface area (Å²) in [7, 11) is 0. The van der Waals surface area contributed by atoms with Crippen molar-refractivity contribution in [2.75, 3.05) is 0 Å². The molecule has 1 N–H and O–H groups in total. The average Bonchev–Trinajstić information content (AvgIpc) is 1.88. The van der Waals surface area contributed by atoms with Crippen LogP contribution in [0.1, 0.15) is 0 Å². The van der Waals surface area contributed by atoms with Crippen molar-refractivity contribution in [1.82, 2.24) is 0 Å². The Labute approximate surface area is 88.4 Å². The first-order chi connectivity index (χ1) is 4.70. The molecule has 2 nitrogen and oxygen atoms in total. The predicted molar refractivity (Wildman–Crippen MR) is 42.6 cm³/mol. The molecule has 0 bridgehead atoms. The van der Waals surface area contributed by atoms with Crippen LogP contribution in [0.25, 0.3) is 0 Å². The molecule has 1 unspecified atom stereocenters. The van der Waals surface area contributed by atoms with Crippen molar-refractivity contribution in [3.63, 3.8) is 0 Å². The molecule has 1 aromatic carbocycles. The second-order valence-corrected chi connectivity index (χ2v) is 2.67. The summed E-state index contributed by atoms with van der Waals surface area (Å²) in [4.78, 5) is 0.210. The van der Waals surface area contributed by atoms with Gasteiger partial charge in [0.25, 0.3) is 0 Å². The molecule has 0 fully saturated rings. The van der Waals surface area contributed by atoms with E-state index in [0.717, 1.165) is 12.1 Å². The zero-order valence-electron chi connectivity index (χ0n) is 4.95. The van der Waals surface area contributed by atoms with E-state index in [2.05, 4.69) is 0 Å². The van der Waals surface area contributed by atoms with Crippen LogP contribution in [0.2, 0.25) is 0 Å². The fourth-order valence-electron chi connectivity index (χ4n) is 0.551. The summed E-state index contributed by atoms with van der Waals surface area (Å²) in [5, 5.41) is 0. The van der Waals surface area contributed by atoms with E-state index in [-0.39, 0.29) is 34.5 Å². The van der Waals surface area contributed by atoms with Crippen molar-refractivity contribution >= 4 is 40.6 Å². The Morgan fingerprint density at radius 3 is 2.09 bits per heavy atom. The summed E-state index contributed by atoms with van der Waals surface area (Å²) in [5.74, 6) is -0.408. The number of benzene rings is 1. The van der Waals surface area contributed by atoms with Crippen molar-refractivity contribution in [3.8, 4) is 0 Å². The summed E-state index contributed by atoms with van der Waals surface area (Å²) in [6, 6.07) is 4.82. The van der Waals surface area contributed by atoms with Crippen LogP contribution in [0, 0.1) is 5.82 Å². The molecular weight excluding hydrogens is 178 g/mol. The van der Waals surface area contributed by atoms with Gasteiger partial charge < -0.3 is 4.55 Å². The fraction of sp³-hybridized carbons (Fsp3) is 0. The average molecular weight is 184 g/mol. The van der Waals surface area contributed by atoms with E-state index < -0.39 is 16.9 Å². The minimum atomic E-state index is -2.00. The molecule has 1 atom stereocenters. The topological polar surface area (TPSA) is 37.3 Å². The Balaban J connectivity index is 0.000001000. The monoisotopic (exact) mass is 184 g/mol. The van der Waals surface area contributed by atoms with Gasteiger partial charge in [0.1, 0.15) is 5.82 Å². The SMILES string of the molecule is O=S(O)c1ccc(F)cc1.[NaH]. The maximum absolute atomic E-state index is 12.2. The Morgan fingerprint density at radius 1 is 1.27 bits per heavy atom. The Hall–Kier alpha value is 0.260. The van der Waals surface area contributed by atoms with Crippen LogP contribution < -0.4 is 0 Å². The van der Waals surface area contributed by atoms with Gasteiger partial charge in [-0.25, -0.2) is 8.60 Å². The number of hydrogen-bond acceptors (Lipinski definition) is 1. The third-order valence-electron chi connectivity index (χ3n) is 1.02. The molecule has 0 spiro atoms. The fourth-order valence-corrected chi connectivity index (χ4v) is 0.920. The molecule has 11 heavy (non-hydrogen) atoms. The molecule has 0 saturated carbocycles. The van der Waals surface area contributed by atoms with Crippen LogP contribution >= 0.6 is 0 Å². The molecule has 56 valence electrons. The van der Waals surface area contributed by atoms with Gasteiger partial charge in [-0.2, -0.15) is 0 Å². The zero-order valence-corrected chi connectivity index (χ0v) is 5.77. The zero-order chi connectivity index (χ0) is 7.56. The molecule has 5 heteroatoms. The molecule has 0 amide bonds. The standard InChI is InChI=1S/C6H5FO2S.Na.H/c7-5-1-3-6(4-2-5)10(8)9;;/h1-4H,(H,8,9);;. The molecule has 0 heterocycles. The number of hydrogen-bond donors (Lipinski definition) is 1. The molecule has 0 saturated heterocycles. The summed E-state index contributed by atoms with van der Waals surface area (Å²) >= 11 is -2.00. The quantitative estimate of drug-likeness (QED) is 0.516. The second-order valence-electron chi connectivity index (χ2n) is 1.70. The molecule has 0 aliphatic rings. The van der Waals surface area contributed by atoms with Gasteiger partial charge in [0.15, 0.2) is 11.1 Å². The van der Waals surface area contributed by atoms with Crippen molar-refractivity contribution in [1.29, 1.82) is 0 Å². The number of rotatable bonds is 1. The molecule has 1 rings (SSSR count). The van der Waals surface area contributed by atoms with Crippen molar-refractivity contribution in [2.24, 2.45) is 0 Å². The predicted octanol–water partition coefficient (Wildman–Crippen LogP) is 0.758. The van der Waals surface area contributed by atoms with Gasteiger partial charge in [-0.1, -0.05) is 0 Å². The molecule has 0 aliphatic carbocycles. The third-order valence-corrected chi connectivity index (χ3v) is 1.69. The van der Waals surface area contributed by atoms with Gasteiger partial charge in [0.05, 0.1) is 4.90 Å². The Bertz CT molecular complexity index is 249. The maximum atomic E-state index is 12.2.